The van der Waals surface area contributed by atoms with E-state index in [1.807, 2.05) is 0 Å². The molecule has 182 valence electrons. The quantitative estimate of drug-likeness (QED) is 0.330. The van der Waals surface area contributed by atoms with Crippen LogP contribution in [-0.2, 0) is 16.7 Å². The standard InChI is InChI=1S/C10H16N.C5HF11O3S/c1-11(2,3)9-10-7-5-4-6-8-10;6-1(7,2(8,9)4(12,13)14)3(10,11)5(15,16)20(17,18)19/h4-8H,9H2,1-3H3;(H,17,18,19)/q+1;/p-1. The van der Waals surface area contributed by atoms with Crippen molar-refractivity contribution in [3.05, 3.63) is 35.9 Å². The molecular weight excluding hydrogens is 483 g/mol. The molecule has 1 aromatic carbocycles. The Morgan fingerprint density at radius 3 is 1.42 bits per heavy atom. The molecule has 0 heterocycles. The van der Waals surface area contributed by atoms with Crippen LogP contribution in [0.4, 0.5) is 48.3 Å². The van der Waals surface area contributed by atoms with E-state index < -0.39 is 39.3 Å². The van der Waals surface area contributed by atoms with Crippen molar-refractivity contribution in [1.29, 1.82) is 0 Å². The predicted octanol–water partition coefficient (Wildman–Crippen LogP) is 4.49. The minimum Gasteiger partial charge on any atom is -0.743 e. The van der Waals surface area contributed by atoms with E-state index in [1.54, 1.807) is 0 Å². The molecule has 1 rings (SSSR count). The van der Waals surface area contributed by atoms with E-state index in [4.69, 9.17) is 0 Å². The SMILES string of the molecule is C[N+](C)(C)Cc1ccccc1.O=S(=O)([O-])C(F)(F)C(F)(F)C(F)(F)C(F)(F)C(F)(F)F. The van der Waals surface area contributed by atoms with Crippen LogP contribution in [-0.4, -0.2) is 67.8 Å². The van der Waals surface area contributed by atoms with Gasteiger partial charge in [0.1, 0.15) is 6.54 Å². The fourth-order valence-corrected chi connectivity index (χ4v) is 2.29. The van der Waals surface area contributed by atoms with E-state index in [-0.39, 0.29) is 0 Å². The van der Waals surface area contributed by atoms with Gasteiger partial charge in [-0.15, -0.1) is 0 Å². The van der Waals surface area contributed by atoms with Crippen LogP contribution in [0.15, 0.2) is 30.3 Å². The Hall–Kier alpha value is -1.68. The third-order valence-electron chi connectivity index (χ3n) is 3.32. The van der Waals surface area contributed by atoms with Crippen molar-refractivity contribution < 1.29 is 65.7 Å². The third-order valence-corrected chi connectivity index (χ3v) is 4.21. The summed E-state index contributed by atoms with van der Waals surface area (Å²) in [6.45, 7) is 1.10. The maximum Gasteiger partial charge on any atom is 0.460 e. The molecule has 0 bridgehead atoms. The van der Waals surface area contributed by atoms with E-state index in [0.29, 0.717) is 0 Å². The molecule has 0 aliphatic heterocycles. The highest BCUT2D eigenvalue weighted by atomic mass is 32.2. The monoisotopic (exact) mass is 499 g/mol. The summed E-state index contributed by atoms with van der Waals surface area (Å²) in [4.78, 5) is 0. The molecule has 0 saturated heterocycles. The molecule has 0 aliphatic carbocycles. The first-order chi connectivity index (χ1) is 13.3. The lowest BCUT2D eigenvalue weighted by Gasteiger charge is -2.37. The average Bonchev–Trinajstić information content (AvgIpc) is 2.52. The first-order valence-corrected chi connectivity index (χ1v) is 9.11. The number of hydrogen-bond donors (Lipinski definition) is 0. The van der Waals surface area contributed by atoms with Crippen LogP contribution in [0.25, 0.3) is 0 Å². The van der Waals surface area contributed by atoms with Crippen LogP contribution >= 0.6 is 0 Å². The van der Waals surface area contributed by atoms with Gasteiger partial charge in [-0.25, -0.2) is 8.42 Å². The number of alkyl halides is 11. The lowest BCUT2D eigenvalue weighted by molar-refractivity contribution is -0.884. The van der Waals surface area contributed by atoms with Crippen molar-refractivity contribution in [3.8, 4) is 0 Å². The largest absolute Gasteiger partial charge is 0.743 e. The van der Waals surface area contributed by atoms with E-state index in [1.165, 1.54) is 5.56 Å². The fourth-order valence-electron chi connectivity index (χ4n) is 1.85. The van der Waals surface area contributed by atoms with Crippen LogP contribution in [0.2, 0.25) is 0 Å². The van der Waals surface area contributed by atoms with Gasteiger partial charge in [0.2, 0.25) is 0 Å². The van der Waals surface area contributed by atoms with E-state index in [0.717, 1.165) is 11.0 Å². The zero-order chi connectivity index (χ0) is 25.3. The number of nitrogens with zero attached hydrogens (tertiary/aromatic N) is 1. The van der Waals surface area contributed by atoms with Crippen molar-refractivity contribution >= 4 is 10.1 Å². The molecule has 16 heteroatoms. The summed E-state index contributed by atoms with van der Waals surface area (Å²) in [5.74, 6) is -23.4. The Labute approximate surface area is 169 Å². The summed E-state index contributed by atoms with van der Waals surface area (Å²) in [5.41, 5.74) is 1.40. The molecule has 0 amide bonds. The van der Waals surface area contributed by atoms with Gasteiger partial charge >= 0.3 is 29.2 Å². The highest BCUT2D eigenvalue weighted by molar-refractivity contribution is 7.86. The molecule has 0 atom stereocenters. The van der Waals surface area contributed by atoms with Crippen LogP contribution in [0.5, 0.6) is 0 Å². The maximum absolute atomic E-state index is 12.4. The van der Waals surface area contributed by atoms with Gasteiger partial charge in [-0.05, 0) is 0 Å². The number of benzene rings is 1. The topological polar surface area (TPSA) is 57.2 Å². The van der Waals surface area contributed by atoms with Gasteiger partial charge in [0.15, 0.2) is 10.1 Å². The predicted molar refractivity (Wildman–Crippen MR) is 83.7 cm³/mol. The normalized spacial score (nSPS) is 14.7. The molecular formula is C15H16F11NO3S. The second kappa shape index (κ2) is 8.69. The lowest BCUT2D eigenvalue weighted by atomic mass is 10.0. The van der Waals surface area contributed by atoms with Crippen LogP contribution in [0.1, 0.15) is 5.56 Å². The molecule has 0 N–H and O–H groups in total. The third kappa shape index (κ3) is 6.19. The zero-order valence-electron chi connectivity index (χ0n) is 15.8. The maximum atomic E-state index is 12.4. The molecule has 0 aliphatic rings. The van der Waals surface area contributed by atoms with Gasteiger partial charge in [0.05, 0.1) is 21.1 Å². The Balaban J connectivity index is 0.000000683. The van der Waals surface area contributed by atoms with Gasteiger partial charge < -0.3 is 9.04 Å². The molecule has 0 aromatic heterocycles. The number of quaternary nitrogens is 1. The average molecular weight is 499 g/mol. The van der Waals surface area contributed by atoms with E-state index >= 15 is 0 Å². The van der Waals surface area contributed by atoms with Crippen molar-refractivity contribution in [2.24, 2.45) is 0 Å². The van der Waals surface area contributed by atoms with Crippen LogP contribution in [0.3, 0.4) is 0 Å². The Morgan fingerprint density at radius 1 is 0.742 bits per heavy atom. The highest BCUT2D eigenvalue weighted by Gasteiger charge is 2.88. The summed E-state index contributed by atoms with van der Waals surface area (Å²) in [5, 5.41) is -7.40. The van der Waals surface area contributed by atoms with Gasteiger partial charge in [-0.3, -0.25) is 0 Å². The van der Waals surface area contributed by atoms with Gasteiger partial charge in [0, 0.05) is 5.56 Å². The van der Waals surface area contributed by atoms with Gasteiger partial charge in [-0.2, -0.15) is 48.3 Å². The van der Waals surface area contributed by atoms with Crippen molar-refractivity contribution in [2.45, 2.75) is 35.7 Å². The lowest BCUT2D eigenvalue weighted by Crippen LogP contribution is -2.67. The van der Waals surface area contributed by atoms with Crippen LogP contribution in [0, 0.1) is 0 Å². The summed E-state index contributed by atoms with van der Waals surface area (Å²) in [6.07, 6.45) is -7.41. The molecule has 1 aromatic rings. The molecule has 31 heavy (non-hydrogen) atoms. The minimum atomic E-state index is -7.90. The van der Waals surface area contributed by atoms with Crippen molar-refractivity contribution in [3.63, 3.8) is 0 Å². The second-order valence-electron chi connectivity index (χ2n) is 7.13. The summed E-state index contributed by atoms with van der Waals surface area (Å²) < 4.78 is 163. The molecule has 0 fully saturated rings. The molecule has 4 nitrogen and oxygen atoms in total. The number of rotatable bonds is 6. The molecule has 0 radical (unpaired) electrons. The fraction of sp³-hybridized carbons (Fsp3) is 0.600. The number of hydrogen-bond acceptors (Lipinski definition) is 3. The summed E-state index contributed by atoms with van der Waals surface area (Å²) in [6, 6.07) is 10.6. The summed E-state index contributed by atoms with van der Waals surface area (Å²) in [7, 11) is -1.06. The Bertz CT molecular complexity index is 832. The van der Waals surface area contributed by atoms with E-state index in [2.05, 4.69) is 51.5 Å². The zero-order valence-corrected chi connectivity index (χ0v) is 16.6. The van der Waals surface area contributed by atoms with Crippen LogP contribution < -0.4 is 0 Å². The van der Waals surface area contributed by atoms with Crippen molar-refractivity contribution in [1.82, 2.24) is 0 Å². The van der Waals surface area contributed by atoms with Gasteiger partial charge in [0.25, 0.3) is 0 Å². The molecule has 0 unspecified atom stereocenters. The minimum absolute atomic E-state index is 0.990. The van der Waals surface area contributed by atoms with Gasteiger partial charge in [-0.1, -0.05) is 30.3 Å². The first-order valence-electron chi connectivity index (χ1n) is 7.71. The Morgan fingerprint density at radius 2 is 1.13 bits per heavy atom. The smallest absolute Gasteiger partial charge is 0.460 e. The van der Waals surface area contributed by atoms with Crippen molar-refractivity contribution in [2.75, 3.05) is 21.1 Å². The highest BCUT2D eigenvalue weighted by Crippen LogP contribution is 2.58. The first kappa shape index (κ1) is 29.3. The number of halogens is 11. The van der Waals surface area contributed by atoms with E-state index in [9.17, 15) is 61.3 Å². The molecule has 0 saturated carbocycles. The second-order valence-corrected chi connectivity index (χ2v) is 8.55. The molecule has 0 spiro atoms. The summed E-state index contributed by atoms with van der Waals surface area (Å²) >= 11 is 0. The Kier molecular flexibility index (Phi) is 8.22.